The Kier molecular flexibility index (Phi) is 12.3. The third kappa shape index (κ3) is 9.91. The minimum Gasteiger partial charge on any atom is -0.494 e. The standard InChI is InChI=1S/C27H38O4/c1-3-5-7-9-10-14-21-29-23-17-19-24(20-18-23)31-27(28)25-15-11-12-16-26(25)30-22-13-8-6-4-2/h11-12,15-20H,3-10,13-14,21-22H2,1-2H3. The molecule has 0 aromatic heterocycles. The van der Waals surface area contributed by atoms with Crippen molar-refractivity contribution >= 4 is 5.97 Å². The molecule has 170 valence electrons. The van der Waals surface area contributed by atoms with Gasteiger partial charge in [-0.05, 0) is 49.2 Å². The summed E-state index contributed by atoms with van der Waals surface area (Å²) in [6.07, 6.45) is 11.9. The Balaban J connectivity index is 1.78. The summed E-state index contributed by atoms with van der Waals surface area (Å²) in [5.74, 6) is 1.45. The molecule has 0 spiro atoms. The maximum atomic E-state index is 12.6. The lowest BCUT2D eigenvalue weighted by atomic mass is 10.1. The Morgan fingerprint density at radius 3 is 1.90 bits per heavy atom. The zero-order valence-electron chi connectivity index (χ0n) is 19.2. The molecule has 0 atom stereocenters. The van der Waals surface area contributed by atoms with Gasteiger partial charge < -0.3 is 14.2 Å². The van der Waals surface area contributed by atoms with Crippen molar-refractivity contribution in [3.8, 4) is 17.2 Å². The smallest absolute Gasteiger partial charge is 0.347 e. The Morgan fingerprint density at radius 2 is 1.19 bits per heavy atom. The predicted molar refractivity (Wildman–Crippen MR) is 126 cm³/mol. The minimum absolute atomic E-state index is 0.412. The SMILES string of the molecule is CCCCCCCCOc1ccc(OC(=O)c2ccccc2OCCCCCC)cc1. The highest BCUT2D eigenvalue weighted by atomic mass is 16.5. The second-order valence-corrected chi connectivity index (χ2v) is 7.88. The molecule has 2 rings (SSSR count). The van der Waals surface area contributed by atoms with E-state index in [2.05, 4.69) is 13.8 Å². The Labute approximate surface area is 187 Å². The lowest BCUT2D eigenvalue weighted by molar-refractivity contribution is 0.0730. The Hall–Kier alpha value is -2.49. The molecule has 0 saturated heterocycles. The van der Waals surface area contributed by atoms with Crippen LogP contribution in [0.4, 0.5) is 0 Å². The second-order valence-electron chi connectivity index (χ2n) is 7.88. The maximum absolute atomic E-state index is 12.6. The predicted octanol–water partition coefficient (Wildman–Crippen LogP) is 7.60. The molecular formula is C27H38O4. The fraction of sp³-hybridized carbons (Fsp3) is 0.519. The molecule has 4 heteroatoms. The number of unbranched alkanes of at least 4 members (excludes halogenated alkanes) is 8. The molecule has 4 nitrogen and oxygen atoms in total. The number of carbonyl (C=O) groups is 1. The van der Waals surface area contributed by atoms with E-state index in [1.54, 1.807) is 18.2 Å². The topological polar surface area (TPSA) is 44.8 Å². The van der Waals surface area contributed by atoms with Crippen LogP contribution in [-0.2, 0) is 0 Å². The van der Waals surface area contributed by atoms with Crippen LogP contribution >= 0.6 is 0 Å². The van der Waals surface area contributed by atoms with Crippen molar-refractivity contribution in [3.63, 3.8) is 0 Å². The number of benzene rings is 2. The van der Waals surface area contributed by atoms with Gasteiger partial charge in [-0.15, -0.1) is 0 Å². The lowest BCUT2D eigenvalue weighted by Gasteiger charge is -2.11. The van der Waals surface area contributed by atoms with Crippen molar-refractivity contribution in [2.75, 3.05) is 13.2 Å². The molecule has 0 bridgehead atoms. The summed E-state index contributed by atoms with van der Waals surface area (Å²) in [5.41, 5.74) is 0.446. The zero-order valence-corrected chi connectivity index (χ0v) is 19.2. The molecule has 0 saturated carbocycles. The molecular weight excluding hydrogens is 388 g/mol. The van der Waals surface area contributed by atoms with E-state index in [4.69, 9.17) is 14.2 Å². The zero-order chi connectivity index (χ0) is 22.2. The minimum atomic E-state index is -0.412. The Bertz CT molecular complexity index is 739. The van der Waals surface area contributed by atoms with E-state index in [1.165, 1.54) is 44.9 Å². The fourth-order valence-electron chi connectivity index (χ4n) is 3.31. The van der Waals surface area contributed by atoms with Crippen LogP contribution in [0.25, 0.3) is 0 Å². The molecule has 0 fully saturated rings. The van der Waals surface area contributed by atoms with Gasteiger partial charge in [-0.1, -0.05) is 77.3 Å². The van der Waals surface area contributed by atoms with Crippen molar-refractivity contribution < 1.29 is 19.0 Å². The first kappa shape index (κ1) is 24.8. The monoisotopic (exact) mass is 426 g/mol. The summed E-state index contributed by atoms with van der Waals surface area (Å²) >= 11 is 0. The van der Waals surface area contributed by atoms with Crippen molar-refractivity contribution in [1.29, 1.82) is 0 Å². The van der Waals surface area contributed by atoms with E-state index in [0.29, 0.717) is 30.3 Å². The molecule has 0 aliphatic carbocycles. The van der Waals surface area contributed by atoms with Crippen LogP contribution in [0.5, 0.6) is 17.2 Å². The highest BCUT2D eigenvalue weighted by molar-refractivity contribution is 5.94. The van der Waals surface area contributed by atoms with Crippen LogP contribution in [0.15, 0.2) is 48.5 Å². The summed E-state index contributed by atoms with van der Waals surface area (Å²) in [4.78, 5) is 12.6. The number of rotatable bonds is 16. The molecule has 0 aliphatic rings. The first-order chi connectivity index (χ1) is 15.2. The van der Waals surface area contributed by atoms with E-state index >= 15 is 0 Å². The van der Waals surface area contributed by atoms with Gasteiger partial charge in [0.2, 0.25) is 0 Å². The fourth-order valence-corrected chi connectivity index (χ4v) is 3.31. The average molecular weight is 427 g/mol. The van der Waals surface area contributed by atoms with Crippen LogP contribution < -0.4 is 14.2 Å². The molecule has 0 N–H and O–H groups in total. The van der Waals surface area contributed by atoms with Crippen molar-refractivity contribution in [3.05, 3.63) is 54.1 Å². The van der Waals surface area contributed by atoms with E-state index in [0.717, 1.165) is 25.0 Å². The van der Waals surface area contributed by atoms with Crippen LogP contribution in [-0.4, -0.2) is 19.2 Å². The molecule has 31 heavy (non-hydrogen) atoms. The lowest BCUT2D eigenvalue weighted by Crippen LogP contribution is -2.11. The molecule has 0 unspecified atom stereocenters. The first-order valence-corrected chi connectivity index (χ1v) is 11.9. The number of para-hydroxylation sites is 1. The van der Waals surface area contributed by atoms with Crippen LogP contribution in [0.3, 0.4) is 0 Å². The number of hydrogen-bond acceptors (Lipinski definition) is 4. The summed E-state index contributed by atoms with van der Waals surface area (Å²) in [5, 5.41) is 0. The van der Waals surface area contributed by atoms with Crippen molar-refractivity contribution in [2.24, 2.45) is 0 Å². The third-order valence-corrected chi connectivity index (χ3v) is 5.16. The second kappa shape index (κ2) is 15.3. The van der Waals surface area contributed by atoms with Gasteiger partial charge in [-0.3, -0.25) is 0 Å². The number of carbonyl (C=O) groups excluding carboxylic acids is 1. The van der Waals surface area contributed by atoms with E-state index in [-0.39, 0.29) is 0 Å². The highest BCUT2D eigenvalue weighted by Crippen LogP contribution is 2.23. The number of ether oxygens (including phenoxy) is 3. The summed E-state index contributed by atoms with van der Waals surface area (Å²) in [7, 11) is 0. The first-order valence-electron chi connectivity index (χ1n) is 11.9. The third-order valence-electron chi connectivity index (χ3n) is 5.16. The van der Waals surface area contributed by atoms with Crippen molar-refractivity contribution in [2.45, 2.75) is 78.1 Å². The summed E-state index contributed by atoms with van der Waals surface area (Å²) in [6.45, 7) is 5.73. The molecule has 0 heterocycles. The van der Waals surface area contributed by atoms with Gasteiger partial charge in [0.1, 0.15) is 22.8 Å². The average Bonchev–Trinajstić information content (AvgIpc) is 2.79. The number of esters is 1. The molecule has 0 amide bonds. The maximum Gasteiger partial charge on any atom is 0.347 e. The van der Waals surface area contributed by atoms with E-state index < -0.39 is 5.97 Å². The number of hydrogen-bond donors (Lipinski definition) is 0. The normalized spacial score (nSPS) is 10.6. The van der Waals surface area contributed by atoms with E-state index in [9.17, 15) is 4.79 Å². The van der Waals surface area contributed by atoms with Gasteiger partial charge in [0.25, 0.3) is 0 Å². The van der Waals surface area contributed by atoms with Gasteiger partial charge in [0.15, 0.2) is 0 Å². The van der Waals surface area contributed by atoms with Gasteiger partial charge in [0.05, 0.1) is 13.2 Å². The summed E-state index contributed by atoms with van der Waals surface area (Å²) in [6, 6.07) is 14.5. The Morgan fingerprint density at radius 1 is 0.645 bits per heavy atom. The quantitative estimate of drug-likeness (QED) is 0.157. The van der Waals surface area contributed by atoms with Crippen molar-refractivity contribution in [1.82, 2.24) is 0 Å². The van der Waals surface area contributed by atoms with Crippen LogP contribution in [0.1, 0.15) is 88.4 Å². The highest BCUT2D eigenvalue weighted by Gasteiger charge is 2.14. The molecule has 0 aliphatic heterocycles. The van der Waals surface area contributed by atoms with Gasteiger partial charge in [0, 0.05) is 0 Å². The van der Waals surface area contributed by atoms with Gasteiger partial charge in [-0.25, -0.2) is 4.79 Å². The van der Waals surface area contributed by atoms with Crippen LogP contribution in [0, 0.1) is 0 Å². The van der Waals surface area contributed by atoms with Gasteiger partial charge in [-0.2, -0.15) is 0 Å². The largest absolute Gasteiger partial charge is 0.494 e. The molecule has 2 aromatic carbocycles. The summed E-state index contributed by atoms with van der Waals surface area (Å²) < 4.78 is 17.2. The van der Waals surface area contributed by atoms with E-state index in [1.807, 2.05) is 30.3 Å². The van der Waals surface area contributed by atoms with Crippen LogP contribution in [0.2, 0.25) is 0 Å². The molecule has 0 radical (unpaired) electrons. The molecule has 2 aromatic rings. The van der Waals surface area contributed by atoms with Gasteiger partial charge >= 0.3 is 5.97 Å².